The number of amides is 1. The van der Waals surface area contributed by atoms with Crippen LogP contribution in [0.2, 0.25) is 0 Å². The van der Waals surface area contributed by atoms with Crippen molar-refractivity contribution in [3.63, 3.8) is 0 Å². The van der Waals surface area contributed by atoms with Gasteiger partial charge in [-0.3, -0.25) is 4.79 Å². The molecule has 2 aliphatic rings. The molecule has 3 aromatic rings. The molecular formula is C27H35N5O4. The van der Waals surface area contributed by atoms with Crippen LogP contribution in [0, 0.1) is 0 Å². The third-order valence-corrected chi connectivity index (χ3v) is 7.19. The van der Waals surface area contributed by atoms with Gasteiger partial charge in [0.15, 0.2) is 0 Å². The largest absolute Gasteiger partial charge is 0.393 e. The van der Waals surface area contributed by atoms with E-state index in [1.54, 1.807) is 7.11 Å². The second-order valence-corrected chi connectivity index (χ2v) is 9.85. The van der Waals surface area contributed by atoms with E-state index >= 15 is 0 Å². The van der Waals surface area contributed by atoms with Crippen LogP contribution in [0.5, 0.6) is 0 Å². The predicted molar refractivity (Wildman–Crippen MR) is 137 cm³/mol. The molecule has 2 fully saturated rings. The Morgan fingerprint density at radius 3 is 2.61 bits per heavy atom. The quantitative estimate of drug-likeness (QED) is 0.521. The van der Waals surface area contributed by atoms with Crippen LogP contribution in [0.3, 0.4) is 0 Å². The molecule has 1 saturated carbocycles. The molecule has 0 unspecified atom stereocenters. The number of nitrogens with one attached hydrogen (secondary N) is 1. The van der Waals surface area contributed by atoms with E-state index in [0.29, 0.717) is 50.3 Å². The maximum Gasteiger partial charge on any atom is 0.254 e. The predicted octanol–water partition coefficient (Wildman–Crippen LogP) is 3.33. The molecule has 1 saturated heterocycles. The molecule has 1 aliphatic heterocycles. The highest BCUT2D eigenvalue weighted by atomic mass is 16.5. The smallest absolute Gasteiger partial charge is 0.254 e. The number of rotatable bonds is 7. The monoisotopic (exact) mass is 493 g/mol. The summed E-state index contributed by atoms with van der Waals surface area (Å²) in [5.41, 5.74) is 4.79. The van der Waals surface area contributed by atoms with E-state index in [-0.39, 0.29) is 18.1 Å². The van der Waals surface area contributed by atoms with E-state index < -0.39 is 0 Å². The van der Waals surface area contributed by atoms with Crippen molar-refractivity contribution >= 4 is 17.4 Å². The summed E-state index contributed by atoms with van der Waals surface area (Å²) in [6.45, 7) is 5.01. The van der Waals surface area contributed by atoms with Crippen LogP contribution in [0.4, 0.5) is 5.95 Å². The van der Waals surface area contributed by atoms with E-state index in [1.165, 1.54) is 0 Å². The second-order valence-electron chi connectivity index (χ2n) is 9.85. The minimum Gasteiger partial charge on any atom is -0.393 e. The van der Waals surface area contributed by atoms with Crippen molar-refractivity contribution in [1.82, 2.24) is 19.5 Å². The lowest BCUT2D eigenvalue weighted by atomic mass is 9.85. The van der Waals surface area contributed by atoms with Gasteiger partial charge in [-0.2, -0.15) is 0 Å². The molecule has 192 valence electrons. The van der Waals surface area contributed by atoms with E-state index in [1.807, 2.05) is 46.8 Å². The average Bonchev–Trinajstić information content (AvgIpc) is 3.28. The molecule has 3 heterocycles. The Bertz CT molecular complexity index is 1180. The van der Waals surface area contributed by atoms with Crippen LogP contribution < -0.4 is 5.32 Å². The van der Waals surface area contributed by atoms with Crippen molar-refractivity contribution < 1.29 is 19.4 Å². The number of anilines is 1. The minimum atomic E-state index is -0.217. The van der Waals surface area contributed by atoms with Crippen molar-refractivity contribution in [2.24, 2.45) is 0 Å². The molecule has 36 heavy (non-hydrogen) atoms. The fourth-order valence-electron chi connectivity index (χ4n) is 5.23. The number of methoxy groups -OCH3 is 1. The Morgan fingerprint density at radius 1 is 1.19 bits per heavy atom. The molecule has 2 aromatic heterocycles. The number of ether oxygens (including phenoxy) is 2. The average molecular weight is 494 g/mol. The maximum absolute atomic E-state index is 12.9. The number of hydrogen-bond donors (Lipinski definition) is 2. The zero-order chi connectivity index (χ0) is 25.1. The van der Waals surface area contributed by atoms with Crippen LogP contribution in [0.25, 0.3) is 16.6 Å². The number of nitrogens with zero attached hydrogens (tertiary/aromatic N) is 4. The normalized spacial score (nSPS) is 21.5. The molecule has 1 atom stereocenters. The van der Waals surface area contributed by atoms with Gasteiger partial charge in [-0.25, -0.2) is 9.50 Å². The van der Waals surface area contributed by atoms with Crippen LogP contribution >= 0.6 is 0 Å². The van der Waals surface area contributed by atoms with Gasteiger partial charge in [0.25, 0.3) is 5.91 Å². The van der Waals surface area contributed by atoms with Crippen LogP contribution in [-0.2, 0) is 9.47 Å². The lowest BCUT2D eigenvalue weighted by Crippen LogP contribution is -2.40. The van der Waals surface area contributed by atoms with Gasteiger partial charge in [-0.05, 0) is 56.4 Å². The number of aliphatic hydroxyl groups excluding tert-OH is 1. The molecular weight excluding hydrogens is 458 g/mol. The van der Waals surface area contributed by atoms with Crippen molar-refractivity contribution in [3.05, 3.63) is 47.8 Å². The van der Waals surface area contributed by atoms with E-state index in [9.17, 15) is 9.90 Å². The molecule has 0 radical (unpaired) electrons. The van der Waals surface area contributed by atoms with E-state index in [0.717, 1.165) is 48.0 Å². The number of carbonyl (C=O) groups is 1. The highest BCUT2D eigenvalue weighted by Crippen LogP contribution is 2.37. The number of aliphatic hydroxyl groups is 1. The molecule has 1 amide bonds. The Kier molecular flexibility index (Phi) is 7.50. The first kappa shape index (κ1) is 24.7. The summed E-state index contributed by atoms with van der Waals surface area (Å²) >= 11 is 0. The highest BCUT2D eigenvalue weighted by Gasteiger charge is 2.26. The van der Waals surface area contributed by atoms with Crippen molar-refractivity contribution in [2.75, 3.05) is 45.3 Å². The highest BCUT2D eigenvalue weighted by molar-refractivity contribution is 5.95. The summed E-state index contributed by atoms with van der Waals surface area (Å²) < 4.78 is 12.6. The number of morpholine rings is 1. The SMILES string of the molecule is COC[C@H](C)Nc1ncc2c(-c3ccc(C(=O)N4CCOCC4)cc3)cc([C@H]3CC[C@H](O)CC3)n2n1. The fraction of sp³-hybridized carbons (Fsp3) is 0.519. The summed E-state index contributed by atoms with van der Waals surface area (Å²) in [5, 5.41) is 18.2. The van der Waals surface area contributed by atoms with Gasteiger partial charge >= 0.3 is 0 Å². The number of aromatic nitrogens is 3. The lowest BCUT2D eigenvalue weighted by molar-refractivity contribution is 0.0303. The zero-order valence-corrected chi connectivity index (χ0v) is 21.0. The number of carbonyl (C=O) groups excluding carboxylic acids is 1. The first-order valence-electron chi connectivity index (χ1n) is 12.8. The summed E-state index contributed by atoms with van der Waals surface area (Å²) in [4.78, 5) is 19.3. The molecule has 5 rings (SSSR count). The topological polar surface area (TPSA) is 101 Å². The summed E-state index contributed by atoms with van der Waals surface area (Å²) in [7, 11) is 1.68. The molecule has 1 aromatic carbocycles. The van der Waals surface area contributed by atoms with Crippen LogP contribution in [0.1, 0.15) is 54.6 Å². The maximum atomic E-state index is 12.9. The second kappa shape index (κ2) is 10.9. The molecule has 1 aliphatic carbocycles. The van der Waals surface area contributed by atoms with Crippen molar-refractivity contribution in [3.8, 4) is 11.1 Å². The van der Waals surface area contributed by atoms with Gasteiger partial charge in [0.05, 0.1) is 37.6 Å². The third-order valence-electron chi connectivity index (χ3n) is 7.19. The van der Waals surface area contributed by atoms with Crippen molar-refractivity contribution in [2.45, 2.75) is 50.7 Å². The fourth-order valence-corrected chi connectivity index (χ4v) is 5.23. The Hall–Kier alpha value is -3.01. The molecule has 2 N–H and O–H groups in total. The van der Waals surface area contributed by atoms with Gasteiger partial charge in [0.2, 0.25) is 5.95 Å². The van der Waals surface area contributed by atoms with E-state index in [2.05, 4.69) is 16.4 Å². The minimum absolute atomic E-state index is 0.0391. The summed E-state index contributed by atoms with van der Waals surface area (Å²) in [6.07, 6.45) is 5.08. The van der Waals surface area contributed by atoms with Gasteiger partial charge in [0.1, 0.15) is 0 Å². The number of benzene rings is 1. The van der Waals surface area contributed by atoms with Gasteiger partial charge < -0.3 is 24.8 Å². The Morgan fingerprint density at radius 2 is 1.92 bits per heavy atom. The van der Waals surface area contributed by atoms with E-state index in [4.69, 9.17) is 14.6 Å². The zero-order valence-electron chi connectivity index (χ0n) is 21.0. The van der Waals surface area contributed by atoms with Gasteiger partial charge in [-0.1, -0.05) is 12.1 Å². The first-order valence-corrected chi connectivity index (χ1v) is 12.8. The summed E-state index contributed by atoms with van der Waals surface area (Å²) in [6, 6.07) is 10.1. The number of fused-ring (bicyclic) bond motifs is 1. The van der Waals surface area contributed by atoms with Gasteiger partial charge in [-0.15, -0.1) is 5.10 Å². The van der Waals surface area contributed by atoms with Gasteiger partial charge in [0, 0.05) is 49.0 Å². The molecule has 0 bridgehead atoms. The Labute approximate surface area is 211 Å². The lowest BCUT2D eigenvalue weighted by Gasteiger charge is -2.26. The number of hydrogen-bond acceptors (Lipinski definition) is 7. The van der Waals surface area contributed by atoms with Crippen molar-refractivity contribution in [1.29, 1.82) is 0 Å². The molecule has 0 spiro atoms. The molecule has 9 nitrogen and oxygen atoms in total. The van der Waals surface area contributed by atoms with Crippen LogP contribution in [-0.4, -0.2) is 82.7 Å². The third kappa shape index (κ3) is 5.23. The Balaban J connectivity index is 1.47. The standard InChI is InChI=1S/C27H35N5O4/c1-18(17-35-2)29-27-28-16-25-23(15-24(32(25)30-27)20-7-9-22(33)10-8-20)19-3-5-21(6-4-19)26(34)31-11-13-36-14-12-31/h3-6,15-16,18,20,22,33H,7-14,17H2,1-2H3,(H,29,30)/t18-,20-,22-/m0/s1. The summed E-state index contributed by atoms with van der Waals surface area (Å²) in [5.74, 6) is 0.908. The molecule has 9 heteroatoms. The first-order chi connectivity index (χ1) is 17.5. The van der Waals surface area contributed by atoms with Crippen LogP contribution in [0.15, 0.2) is 36.5 Å².